The van der Waals surface area contributed by atoms with Gasteiger partial charge in [0.15, 0.2) is 8.32 Å². The van der Waals surface area contributed by atoms with Crippen LogP contribution in [0.2, 0.25) is 18.1 Å². The average molecular weight is 393 g/mol. The maximum Gasteiger partial charge on any atom is 0.191 e. The highest BCUT2D eigenvalue weighted by Crippen LogP contribution is 2.38. The fourth-order valence-electron chi connectivity index (χ4n) is 3.02. The van der Waals surface area contributed by atoms with Gasteiger partial charge in [-0.05, 0) is 54.7 Å². The van der Waals surface area contributed by atoms with E-state index in [9.17, 15) is 5.11 Å². The Hall–Kier alpha value is -1.14. The summed E-state index contributed by atoms with van der Waals surface area (Å²) in [5.41, 5.74) is 2.27. The van der Waals surface area contributed by atoms with Crippen molar-refractivity contribution >= 4 is 8.32 Å². The van der Waals surface area contributed by atoms with E-state index in [1.807, 2.05) is 24.3 Å². The van der Waals surface area contributed by atoms with E-state index in [0.717, 1.165) is 11.3 Å². The zero-order valence-electron chi connectivity index (χ0n) is 17.9. The van der Waals surface area contributed by atoms with Crippen LogP contribution in [0.1, 0.15) is 39.7 Å². The SMILES string of the molecule is COc1ccc(CO[C@H]2C(C)=CC[C@H](O)[C@H]2CO[Si](C)(C)C(C)(C)C)cc1. The quantitative estimate of drug-likeness (QED) is 0.528. The lowest BCUT2D eigenvalue weighted by Crippen LogP contribution is -2.46. The summed E-state index contributed by atoms with van der Waals surface area (Å²) < 4.78 is 17.9. The monoisotopic (exact) mass is 392 g/mol. The first-order valence-corrected chi connectivity index (χ1v) is 12.7. The topological polar surface area (TPSA) is 47.9 Å². The van der Waals surface area contributed by atoms with Gasteiger partial charge in [-0.25, -0.2) is 0 Å². The zero-order chi connectivity index (χ0) is 20.2. The van der Waals surface area contributed by atoms with E-state index >= 15 is 0 Å². The molecule has 3 atom stereocenters. The fraction of sp³-hybridized carbons (Fsp3) is 0.636. The Morgan fingerprint density at radius 2 is 1.78 bits per heavy atom. The number of aliphatic hydroxyl groups excluding tert-OH is 1. The van der Waals surface area contributed by atoms with Crippen molar-refractivity contribution in [1.82, 2.24) is 0 Å². The smallest absolute Gasteiger partial charge is 0.191 e. The summed E-state index contributed by atoms with van der Waals surface area (Å²) in [4.78, 5) is 0. The standard InChI is InChI=1S/C22H36O4Si/c1-16-8-13-20(23)19(15-26-27(6,7)22(2,3)4)21(16)25-14-17-9-11-18(24-5)12-10-17/h8-12,19-21,23H,13-15H2,1-7H3/t19-,20+,21+/m1/s1. The van der Waals surface area contributed by atoms with Gasteiger partial charge in [-0.1, -0.05) is 39.0 Å². The minimum atomic E-state index is -1.87. The molecule has 1 N–H and O–H groups in total. The van der Waals surface area contributed by atoms with Gasteiger partial charge in [0.1, 0.15) is 5.75 Å². The van der Waals surface area contributed by atoms with Gasteiger partial charge < -0.3 is 19.0 Å². The van der Waals surface area contributed by atoms with Crippen LogP contribution in [-0.2, 0) is 15.8 Å². The van der Waals surface area contributed by atoms with Crippen LogP contribution in [-0.4, -0.2) is 39.3 Å². The number of benzene rings is 1. The third-order valence-corrected chi connectivity index (χ3v) is 10.5. The van der Waals surface area contributed by atoms with E-state index in [2.05, 4.69) is 46.9 Å². The molecule has 0 aromatic heterocycles. The van der Waals surface area contributed by atoms with E-state index in [4.69, 9.17) is 13.9 Å². The summed E-state index contributed by atoms with van der Waals surface area (Å²) >= 11 is 0. The van der Waals surface area contributed by atoms with Crippen molar-refractivity contribution < 1.29 is 19.0 Å². The number of methoxy groups -OCH3 is 1. The molecular weight excluding hydrogens is 356 g/mol. The summed E-state index contributed by atoms with van der Waals surface area (Å²) in [6, 6.07) is 7.90. The molecular formula is C22H36O4Si. The molecule has 0 saturated carbocycles. The molecule has 0 unspecified atom stereocenters. The summed E-state index contributed by atoms with van der Waals surface area (Å²) in [7, 11) is -0.205. The molecule has 5 heteroatoms. The van der Waals surface area contributed by atoms with Gasteiger partial charge in [0.25, 0.3) is 0 Å². The third-order valence-electron chi connectivity index (χ3n) is 6.04. The Labute approximate surface area is 165 Å². The van der Waals surface area contributed by atoms with Crippen LogP contribution in [0.5, 0.6) is 5.75 Å². The van der Waals surface area contributed by atoms with Crippen LogP contribution in [0.15, 0.2) is 35.9 Å². The second kappa shape index (κ2) is 8.91. The molecule has 1 aromatic rings. The van der Waals surface area contributed by atoms with Gasteiger partial charge in [0.2, 0.25) is 0 Å². The maximum atomic E-state index is 10.6. The average Bonchev–Trinajstić information content (AvgIpc) is 2.60. The minimum absolute atomic E-state index is 0.0395. The van der Waals surface area contributed by atoms with Gasteiger partial charge in [-0.15, -0.1) is 0 Å². The van der Waals surface area contributed by atoms with Gasteiger partial charge in [0, 0.05) is 12.5 Å². The Bertz CT molecular complexity index is 631. The highest BCUT2D eigenvalue weighted by molar-refractivity contribution is 6.74. The van der Waals surface area contributed by atoms with Crippen LogP contribution in [0, 0.1) is 5.92 Å². The van der Waals surface area contributed by atoms with Crippen LogP contribution in [0.4, 0.5) is 0 Å². The van der Waals surface area contributed by atoms with Gasteiger partial charge in [-0.3, -0.25) is 0 Å². The van der Waals surface area contributed by atoms with Gasteiger partial charge >= 0.3 is 0 Å². The molecule has 1 aliphatic carbocycles. The van der Waals surface area contributed by atoms with E-state index in [1.54, 1.807) is 7.11 Å². The first-order valence-electron chi connectivity index (χ1n) is 9.78. The first kappa shape index (κ1) is 22.1. The lowest BCUT2D eigenvalue weighted by Gasteiger charge is -2.40. The molecule has 1 aliphatic rings. The predicted molar refractivity (Wildman–Crippen MR) is 113 cm³/mol. The molecule has 4 nitrogen and oxygen atoms in total. The summed E-state index contributed by atoms with van der Waals surface area (Å²) in [6.45, 7) is 14.3. The molecule has 0 spiro atoms. The van der Waals surface area contributed by atoms with Crippen LogP contribution < -0.4 is 4.74 Å². The van der Waals surface area contributed by atoms with Crippen LogP contribution in [0.3, 0.4) is 0 Å². The van der Waals surface area contributed by atoms with Gasteiger partial charge in [0.05, 0.1) is 25.9 Å². The number of hydrogen-bond donors (Lipinski definition) is 1. The van der Waals surface area contributed by atoms with Crippen molar-refractivity contribution in [2.24, 2.45) is 5.92 Å². The lowest BCUT2D eigenvalue weighted by molar-refractivity contribution is -0.0493. The molecule has 0 bridgehead atoms. The maximum absolute atomic E-state index is 10.6. The molecule has 0 saturated heterocycles. The van der Waals surface area contributed by atoms with Crippen molar-refractivity contribution in [3.63, 3.8) is 0 Å². The first-order chi connectivity index (χ1) is 12.5. The van der Waals surface area contributed by atoms with Crippen molar-refractivity contribution in [3.05, 3.63) is 41.5 Å². The van der Waals surface area contributed by atoms with Crippen LogP contribution in [0.25, 0.3) is 0 Å². The molecule has 0 radical (unpaired) electrons. The third kappa shape index (κ3) is 5.67. The number of rotatable bonds is 7. The van der Waals surface area contributed by atoms with E-state index < -0.39 is 14.4 Å². The molecule has 0 heterocycles. The number of ether oxygens (including phenoxy) is 2. The largest absolute Gasteiger partial charge is 0.497 e. The second-order valence-electron chi connectivity index (χ2n) is 9.07. The Balaban J connectivity index is 2.05. The number of hydrogen-bond acceptors (Lipinski definition) is 4. The second-order valence-corrected chi connectivity index (χ2v) is 13.9. The minimum Gasteiger partial charge on any atom is -0.497 e. The lowest BCUT2D eigenvalue weighted by atomic mass is 9.84. The van der Waals surface area contributed by atoms with Crippen molar-refractivity contribution in [3.8, 4) is 5.75 Å². The summed E-state index contributed by atoms with van der Waals surface area (Å²) in [5.74, 6) is 0.797. The van der Waals surface area contributed by atoms with E-state index in [-0.39, 0.29) is 17.1 Å². The van der Waals surface area contributed by atoms with Crippen molar-refractivity contribution in [2.45, 2.75) is 71.1 Å². The van der Waals surface area contributed by atoms with E-state index in [1.165, 1.54) is 5.57 Å². The molecule has 0 aliphatic heterocycles. The molecule has 152 valence electrons. The Morgan fingerprint density at radius 3 is 2.33 bits per heavy atom. The summed E-state index contributed by atoms with van der Waals surface area (Å²) in [6.07, 6.45) is 2.20. The highest BCUT2D eigenvalue weighted by atomic mass is 28.4. The van der Waals surface area contributed by atoms with Crippen LogP contribution >= 0.6 is 0 Å². The normalized spacial score (nSPS) is 23.9. The van der Waals surface area contributed by atoms with E-state index in [0.29, 0.717) is 19.6 Å². The van der Waals surface area contributed by atoms with Crippen molar-refractivity contribution in [1.29, 1.82) is 0 Å². The zero-order valence-corrected chi connectivity index (χ0v) is 18.9. The molecule has 0 fully saturated rings. The Kier molecular flexibility index (Phi) is 7.31. The van der Waals surface area contributed by atoms with Crippen molar-refractivity contribution in [2.75, 3.05) is 13.7 Å². The fourth-order valence-corrected chi connectivity index (χ4v) is 4.06. The number of aliphatic hydroxyl groups is 1. The molecule has 2 rings (SSSR count). The highest BCUT2D eigenvalue weighted by Gasteiger charge is 2.40. The van der Waals surface area contributed by atoms with Gasteiger partial charge in [-0.2, -0.15) is 0 Å². The molecule has 1 aromatic carbocycles. The Morgan fingerprint density at radius 1 is 1.15 bits per heavy atom. The summed E-state index contributed by atoms with van der Waals surface area (Å²) in [5, 5.41) is 10.8. The molecule has 27 heavy (non-hydrogen) atoms. The molecule has 0 amide bonds. The predicted octanol–water partition coefficient (Wildman–Crippen LogP) is 4.93.